The van der Waals surface area contributed by atoms with Gasteiger partial charge in [-0.25, -0.2) is 0 Å². The van der Waals surface area contributed by atoms with E-state index < -0.39 is 6.83 Å². The van der Waals surface area contributed by atoms with Crippen molar-refractivity contribution < 1.29 is 18.8 Å². The Morgan fingerprint density at radius 2 is 1.17 bits per heavy atom. The number of hydrogen-bond donors (Lipinski definition) is 0. The van der Waals surface area contributed by atoms with Gasteiger partial charge < -0.3 is 0 Å². The van der Waals surface area contributed by atoms with Crippen LogP contribution in [0.3, 0.4) is 0 Å². The molecule has 0 fully saturated rings. The molecule has 0 aromatic heterocycles. The Morgan fingerprint density at radius 1 is 0.708 bits per heavy atom. The topological polar surface area (TPSA) is 44.8 Å². The maximum atomic E-state index is 12.6. The zero-order chi connectivity index (χ0) is 18.3. The zero-order valence-electron chi connectivity index (χ0n) is 16.8. The molecule has 0 amide bonds. The van der Waals surface area contributed by atoms with E-state index in [1.807, 2.05) is 6.92 Å². The van der Waals surface area contributed by atoms with Crippen LogP contribution in [-0.2, 0) is 18.8 Å². The average molecular weight is 365 g/mol. The molecule has 0 aliphatic heterocycles. The number of ether oxygens (including phenoxy) is 2. The normalized spacial score (nSPS) is 13.5. The molecule has 0 rings (SSSR count). The molecule has 24 heavy (non-hydrogen) atoms. The summed E-state index contributed by atoms with van der Waals surface area (Å²) >= 11 is 0. The van der Waals surface area contributed by atoms with Gasteiger partial charge in [0.2, 0.25) is 0 Å². The molecule has 4 nitrogen and oxygen atoms in total. The minimum absolute atomic E-state index is 0.0622. The van der Waals surface area contributed by atoms with E-state index in [1.165, 1.54) is 0 Å². The van der Waals surface area contributed by atoms with Crippen LogP contribution in [0.2, 0.25) is 0 Å². The van der Waals surface area contributed by atoms with E-state index in [1.54, 1.807) is 0 Å². The van der Waals surface area contributed by atoms with Crippen molar-refractivity contribution in [1.29, 1.82) is 0 Å². The second-order valence-electron chi connectivity index (χ2n) is 6.78. The van der Waals surface area contributed by atoms with Crippen LogP contribution in [0, 0.1) is 0 Å². The average Bonchev–Trinajstić information content (AvgIpc) is 2.52. The van der Waals surface area contributed by atoms with Gasteiger partial charge in [0.05, 0.1) is 0 Å². The first-order valence-corrected chi connectivity index (χ1v) is 12.8. The van der Waals surface area contributed by atoms with Crippen LogP contribution in [-0.4, -0.2) is 57.0 Å². The van der Waals surface area contributed by atoms with E-state index in [0.29, 0.717) is 32.8 Å². The summed E-state index contributed by atoms with van der Waals surface area (Å²) in [5.41, 5.74) is 0. The van der Waals surface area contributed by atoms with E-state index in [2.05, 4.69) is 27.7 Å². The van der Waals surface area contributed by atoms with Gasteiger partial charge in [0.15, 0.2) is 0 Å². The second-order valence-corrected chi connectivity index (χ2v) is 12.5. The van der Waals surface area contributed by atoms with Crippen molar-refractivity contribution >= 4 is 12.8 Å². The first kappa shape index (κ1) is 23.8. The van der Waals surface area contributed by atoms with Gasteiger partial charge in [0.1, 0.15) is 0 Å². The summed E-state index contributed by atoms with van der Waals surface area (Å²) in [6.45, 7) is 10.7. The second kappa shape index (κ2) is 13.1. The van der Waals surface area contributed by atoms with Gasteiger partial charge in [-0.15, -0.1) is 0 Å². The first-order valence-electron chi connectivity index (χ1n) is 9.90. The molecule has 0 aromatic rings. The Hall–Kier alpha value is -0.180. The van der Waals surface area contributed by atoms with Crippen LogP contribution in [0.1, 0.15) is 66.7 Å². The van der Waals surface area contributed by atoms with Crippen LogP contribution in [0.4, 0.5) is 0 Å². The van der Waals surface area contributed by atoms with Crippen LogP contribution >= 0.6 is 6.83 Å². The van der Waals surface area contributed by atoms with Gasteiger partial charge in [-0.1, -0.05) is 0 Å². The summed E-state index contributed by atoms with van der Waals surface area (Å²) in [7, 11) is 0. The van der Waals surface area contributed by atoms with E-state index in [0.717, 1.165) is 50.3 Å². The fourth-order valence-corrected chi connectivity index (χ4v) is 10.9. The van der Waals surface area contributed by atoms with Crippen LogP contribution in [0.15, 0.2) is 0 Å². The molecule has 0 unspecified atom stereocenters. The minimum atomic E-state index is -2.41. The molecule has 146 valence electrons. The molecular formula is C19H41O4P. The van der Waals surface area contributed by atoms with Crippen molar-refractivity contribution in [2.24, 2.45) is 0 Å². The summed E-state index contributed by atoms with van der Waals surface area (Å²) < 4.78 is 17.1. The Balaban J connectivity index is 4.80. The molecule has 0 aromatic carbocycles. The number of hydrogen-bond acceptors (Lipinski definition) is 4. The Kier molecular flexibility index (Phi) is 13.0. The van der Waals surface area contributed by atoms with Crippen molar-refractivity contribution in [1.82, 2.24) is 0 Å². The summed E-state index contributed by atoms with van der Waals surface area (Å²) in [4.78, 5) is 12.6. The predicted octanol–water partition coefficient (Wildman–Crippen LogP) is 5.08. The third kappa shape index (κ3) is 8.27. The van der Waals surface area contributed by atoms with Gasteiger partial charge >= 0.3 is 149 Å². The standard InChI is InChI=1S/C19H41O4P/c1-6-15-24(16-7-2,17-8-3,18-9-4)23-19(20)11-12-22-14-13-21-10-5/h6-18H2,1-5H3. The molecule has 0 aliphatic rings. The van der Waals surface area contributed by atoms with Crippen molar-refractivity contribution in [2.45, 2.75) is 66.7 Å². The van der Waals surface area contributed by atoms with Crippen LogP contribution < -0.4 is 0 Å². The van der Waals surface area contributed by atoms with Crippen molar-refractivity contribution in [3.8, 4) is 0 Å². The van der Waals surface area contributed by atoms with Gasteiger partial charge in [-0.05, 0) is 0 Å². The summed E-state index contributed by atoms with van der Waals surface area (Å²) in [5.74, 6) is -0.0622. The number of carbonyl (C=O) groups is 1. The Morgan fingerprint density at radius 3 is 1.58 bits per heavy atom. The predicted molar refractivity (Wildman–Crippen MR) is 106 cm³/mol. The van der Waals surface area contributed by atoms with Gasteiger partial charge in [0, 0.05) is 0 Å². The maximum absolute atomic E-state index is 12.6. The van der Waals surface area contributed by atoms with E-state index in [-0.39, 0.29) is 5.97 Å². The number of rotatable bonds is 16. The SMILES string of the molecule is CCCP(CCC)(CCC)(CCC)OC(=O)CCOCCOCC. The molecule has 0 saturated carbocycles. The molecule has 0 saturated heterocycles. The van der Waals surface area contributed by atoms with Crippen molar-refractivity contribution in [3.63, 3.8) is 0 Å². The quantitative estimate of drug-likeness (QED) is 0.283. The Bertz CT molecular complexity index is 298. The Labute approximate surface area is 150 Å². The summed E-state index contributed by atoms with van der Waals surface area (Å²) in [6, 6.07) is 0. The molecule has 0 heterocycles. The third-order valence-corrected chi connectivity index (χ3v) is 11.6. The zero-order valence-corrected chi connectivity index (χ0v) is 17.7. The first-order chi connectivity index (χ1) is 11.5. The summed E-state index contributed by atoms with van der Waals surface area (Å²) in [5, 5.41) is 0. The fraction of sp³-hybridized carbons (Fsp3) is 0.947. The third-order valence-electron chi connectivity index (χ3n) is 4.54. The number of carbonyl (C=O) groups excluding carboxylic acids is 1. The van der Waals surface area contributed by atoms with Gasteiger partial charge in [-0.3, -0.25) is 0 Å². The molecule has 0 atom stereocenters. The monoisotopic (exact) mass is 364 g/mol. The summed E-state index contributed by atoms with van der Waals surface area (Å²) in [6.07, 6.45) is 9.05. The fourth-order valence-electron chi connectivity index (χ4n) is 3.97. The van der Waals surface area contributed by atoms with Crippen LogP contribution in [0.25, 0.3) is 0 Å². The molecule has 0 radical (unpaired) electrons. The van der Waals surface area contributed by atoms with Gasteiger partial charge in [0.25, 0.3) is 0 Å². The van der Waals surface area contributed by atoms with Crippen LogP contribution in [0.5, 0.6) is 0 Å². The molecule has 0 aliphatic carbocycles. The molecule has 0 bridgehead atoms. The van der Waals surface area contributed by atoms with Gasteiger partial charge in [-0.2, -0.15) is 0 Å². The van der Waals surface area contributed by atoms with Crippen molar-refractivity contribution in [2.75, 3.05) is 51.1 Å². The van der Waals surface area contributed by atoms with E-state index >= 15 is 0 Å². The van der Waals surface area contributed by atoms with Crippen molar-refractivity contribution in [3.05, 3.63) is 0 Å². The molecule has 0 spiro atoms. The van der Waals surface area contributed by atoms with E-state index in [4.69, 9.17) is 14.0 Å². The van der Waals surface area contributed by atoms with E-state index in [9.17, 15) is 4.79 Å². The molecule has 5 heteroatoms. The molecule has 0 N–H and O–H groups in total. The molecular weight excluding hydrogens is 323 g/mol.